The molecule has 0 aromatic heterocycles. The van der Waals surface area contributed by atoms with Gasteiger partial charge in [0.2, 0.25) is 5.91 Å². The summed E-state index contributed by atoms with van der Waals surface area (Å²) in [5, 5.41) is 3.79. The van der Waals surface area contributed by atoms with Crippen molar-refractivity contribution >= 4 is 17.5 Å². The molecule has 0 spiro atoms. The van der Waals surface area contributed by atoms with E-state index in [2.05, 4.69) is 17.3 Å². The van der Waals surface area contributed by atoms with E-state index in [0.717, 1.165) is 25.3 Å². The zero-order valence-corrected chi connectivity index (χ0v) is 14.3. The molecule has 1 aromatic rings. The van der Waals surface area contributed by atoms with Gasteiger partial charge in [-0.3, -0.25) is 4.79 Å². The zero-order valence-electron chi connectivity index (χ0n) is 13.5. The van der Waals surface area contributed by atoms with Crippen molar-refractivity contribution in [3.8, 4) is 0 Å². The Morgan fingerprint density at radius 1 is 1.50 bits per heavy atom. The number of ether oxygens (including phenoxy) is 1. The molecule has 4 nitrogen and oxygen atoms in total. The van der Waals surface area contributed by atoms with E-state index in [-0.39, 0.29) is 24.0 Å². The van der Waals surface area contributed by atoms with Crippen LogP contribution in [0.3, 0.4) is 0 Å². The normalized spacial score (nSPS) is 22.1. The molecule has 3 atom stereocenters. The van der Waals surface area contributed by atoms with Crippen LogP contribution in [-0.2, 0) is 16.0 Å². The molecule has 1 aromatic carbocycles. The summed E-state index contributed by atoms with van der Waals surface area (Å²) < 4.78 is 5.75. The molecular weight excluding hydrogens is 300 g/mol. The minimum Gasteiger partial charge on any atom is -0.373 e. The van der Waals surface area contributed by atoms with Gasteiger partial charge in [-0.2, -0.15) is 0 Å². The molecule has 1 aliphatic rings. The van der Waals surface area contributed by atoms with Crippen LogP contribution in [0.2, 0.25) is 5.02 Å². The predicted molar refractivity (Wildman–Crippen MR) is 89.2 cm³/mol. The van der Waals surface area contributed by atoms with E-state index in [1.54, 1.807) is 0 Å². The summed E-state index contributed by atoms with van der Waals surface area (Å²) in [5.74, 6) is -0.0356. The Morgan fingerprint density at radius 2 is 2.27 bits per heavy atom. The topological polar surface area (TPSA) is 41.6 Å². The number of halogens is 1. The highest BCUT2D eigenvalue weighted by atomic mass is 35.5. The van der Waals surface area contributed by atoms with Gasteiger partial charge in [0.05, 0.1) is 18.8 Å². The predicted octanol–water partition coefficient (Wildman–Crippen LogP) is 2.35. The van der Waals surface area contributed by atoms with Crippen molar-refractivity contribution in [2.75, 3.05) is 26.7 Å². The summed E-state index contributed by atoms with van der Waals surface area (Å²) in [4.78, 5) is 14.6. The van der Waals surface area contributed by atoms with Gasteiger partial charge in [0.1, 0.15) is 0 Å². The molecule has 22 heavy (non-hydrogen) atoms. The van der Waals surface area contributed by atoms with E-state index < -0.39 is 0 Å². The fourth-order valence-corrected chi connectivity index (χ4v) is 2.90. The van der Waals surface area contributed by atoms with Crippen LogP contribution in [0.25, 0.3) is 0 Å². The molecule has 0 unspecified atom stereocenters. The number of hydrogen-bond acceptors (Lipinski definition) is 3. The number of hydrogen-bond donors (Lipinski definition) is 1. The summed E-state index contributed by atoms with van der Waals surface area (Å²) in [6, 6.07) is 7.68. The largest absolute Gasteiger partial charge is 0.373 e. The van der Waals surface area contributed by atoms with Gasteiger partial charge in [0, 0.05) is 24.0 Å². The van der Waals surface area contributed by atoms with Crippen molar-refractivity contribution in [2.45, 2.75) is 32.4 Å². The lowest BCUT2D eigenvalue weighted by Gasteiger charge is -2.34. The fraction of sp³-hybridized carbons (Fsp3) is 0.588. The number of morpholine rings is 1. The molecule has 1 heterocycles. The maximum atomic E-state index is 12.4. The minimum absolute atomic E-state index is 0.0112. The van der Waals surface area contributed by atoms with Crippen LogP contribution < -0.4 is 5.32 Å². The first kappa shape index (κ1) is 17.3. The molecule has 1 saturated heterocycles. The van der Waals surface area contributed by atoms with Crippen molar-refractivity contribution < 1.29 is 9.53 Å². The number of nitrogens with zero attached hydrogens (tertiary/aromatic N) is 1. The third-order valence-electron chi connectivity index (χ3n) is 4.10. The molecule has 2 rings (SSSR count). The summed E-state index contributed by atoms with van der Waals surface area (Å²) in [6.45, 7) is 6.47. The van der Waals surface area contributed by atoms with Crippen LogP contribution in [0.4, 0.5) is 0 Å². The average Bonchev–Trinajstić information content (AvgIpc) is 2.47. The molecule has 1 aliphatic heterocycles. The molecule has 0 bridgehead atoms. The highest BCUT2D eigenvalue weighted by Crippen LogP contribution is 2.15. The molecule has 0 radical (unpaired) electrons. The number of carbonyl (C=O) groups is 1. The first-order valence-corrected chi connectivity index (χ1v) is 8.18. The third-order valence-corrected chi connectivity index (χ3v) is 4.34. The maximum absolute atomic E-state index is 12.4. The monoisotopic (exact) mass is 324 g/mol. The lowest BCUT2D eigenvalue weighted by Crippen LogP contribution is -2.52. The highest BCUT2D eigenvalue weighted by molar-refractivity contribution is 6.30. The molecule has 1 amide bonds. The van der Waals surface area contributed by atoms with E-state index in [4.69, 9.17) is 16.3 Å². The van der Waals surface area contributed by atoms with E-state index in [1.165, 1.54) is 0 Å². The second-order valence-electron chi connectivity index (χ2n) is 6.20. The average molecular weight is 325 g/mol. The van der Waals surface area contributed by atoms with Crippen molar-refractivity contribution in [3.05, 3.63) is 34.9 Å². The van der Waals surface area contributed by atoms with Gasteiger partial charge in [-0.15, -0.1) is 0 Å². The number of likely N-dealkylation sites (N-methyl/N-ethyl adjacent to an activating group) is 1. The summed E-state index contributed by atoms with van der Waals surface area (Å²) in [6.07, 6.45) is 0.742. The van der Waals surface area contributed by atoms with E-state index in [1.807, 2.05) is 38.1 Å². The standard InChI is InChI=1S/C17H25ClN2O2/c1-12(9-14-5-4-6-15(18)10-14)17(21)19-13(2)16-11-20(3)7-8-22-16/h4-6,10,12-13,16H,7-9,11H2,1-3H3,(H,19,21)/t12-,13-,16-/m1/s1. The van der Waals surface area contributed by atoms with Crippen molar-refractivity contribution in [3.63, 3.8) is 0 Å². The summed E-state index contributed by atoms with van der Waals surface area (Å²) in [7, 11) is 2.08. The summed E-state index contributed by atoms with van der Waals surface area (Å²) in [5.41, 5.74) is 1.08. The number of amides is 1. The Hall–Kier alpha value is -1.10. The van der Waals surface area contributed by atoms with Gasteiger partial charge in [-0.25, -0.2) is 0 Å². The van der Waals surface area contributed by atoms with E-state index >= 15 is 0 Å². The molecular formula is C17H25ClN2O2. The fourth-order valence-electron chi connectivity index (χ4n) is 2.68. The maximum Gasteiger partial charge on any atom is 0.223 e. The summed E-state index contributed by atoms with van der Waals surface area (Å²) >= 11 is 5.99. The molecule has 0 aliphatic carbocycles. The van der Waals surface area contributed by atoms with Gasteiger partial charge in [-0.1, -0.05) is 30.7 Å². The Labute approximate surface area is 137 Å². The van der Waals surface area contributed by atoms with Crippen molar-refractivity contribution in [1.29, 1.82) is 0 Å². The molecule has 0 saturated carbocycles. The number of rotatable bonds is 5. The van der Waals surface area contributed by atoms with Crippen molar-refractivity contribution in [2.24, 2.45) is 5.92 Å². The Bertz CT molecular complexity index is 509. The van der Waals surface area contributed by atoms with Crippen LogP contribution in [0, 0.1) is 5.92 Å². The third kappa shape index (κ3) is 4.97. The van der Waals surface area contributed by atoms with Crippen LogP contribution in [0.1, 0.15) is 19.4 Å². The number of carbonyl (C=O) groups excluding carboxylic acids is 1. The molecule has 122 valence electrons. The number of benzene rings is 1. The first-order chi connectivity index (χ1) is 10.5. The quantitative estimate of drug-likeness (QED) is 0.904. The second-order valence-corrected chi connectivity index (χ2v) is 6.64. The van der Waals surface area contributed by atoms with E-state index in [9.17, 15) is 4.79 Å². The second kappa shape index (κ2) is 7.95. The lowest BCUT2D eigenvalue weighted by molar-refractivity contribution is -0.127. The Balaban J connectivity index is 1.85. The Kier molecular flexibility index (Phi) is 6.24. The van der Waals surface area contributed by atoms with E-state index in [0.29, 0.717) is 11.4 Å². The van der Waals surface area contributed by atoms with Gasteiger partial charge < -0.3 is 15.0 Å². The smallest absolute Gasteiger partial charge is 0.223 e. The van der Waals surface area contributed by atoms with Gasteiger partial charge >= 0.3 is 0 Å². The molecule has 1 N–H and O–H groups in total. The molecule has 5 heteroatoms. The van der Waals surface area contributed by atoms with Gasteiger partial charge in [0.15, 0.2) is 0 Å². The Morgan fingerprint density at radius 3 is 2.95 bits per heavy atom. The van der Waals surface area contributed by atoms with Crippen LogP contribution >= 0.6 is 11.6 Å². The molecule has 1 fully saturated rings. The van der Waals surface area contributed by atoms with Gasteiger partial charge in [0.25, 0.3) is 0 Å². The van der Waals surface area contributed by atoms with Crippen LogP contribution in [-0.4, -0.2) is 49.7 Å². The van der Waals surface area contributed by atoms with Gasteiger partial charge in [-0.05, 0) is 38.1 Å². The first-order valence-electron chi connectivity index (χ1n) is 7.80. The SMILES string of the molecule is C[C@H](Cc1cccc(Cl)c1)C(=O)N[C@H](C)[C@H]1CN(C)CCO1. The highest BCUT2D eigenvalue weighted by Gasteiger charge is 2.26. The van der Waals surface area contributed by atoms with Crippen LogP contribution in [0.5, 0.6) is 0 Å². The van der Waals surface area contributed by atoms with Crippen molar-refractivity contribution in [1.82, 2.24) is 10.2 Å². The number of nitrogens with one attached hydrogen (secondary N) is 1. The lowest BCUT2D eigenvalue weighted by atomic mass is 9.99. The minimum atomic E-state index is -0.0952. The van der Waals surface area contributed by atoms with Crippen LogP contribution in [0.15, 0.2) is 24.3 Å². The zero-order chi connectivity index (χ0) is 16.1.